The molecule has 0 bridgehead atoms. The Hall–Kier alpha value is -0.960. The van der Waals surface area contributed by atoms with E-state index in [0.29, 0.717) is 12.0 Å². The van der Waals surface area contributed by atoms with Gasteiger partial charge >= 0.3 is 0 Å². The van der Waals surface area contributed by atoms with Gasteiger partial charge in [0.05, 0.1) is 4.75 Å². The summed E-state index contributed by atoms with van der Waals surface area (Å²) in [5, 5.41) is 9.94. The van der Waals surface area contributed by atoms with Crippen molar-refractivity contribution in [3.63, 3.8) is 0 Å². The number of thioether (sulfide) groups is 1. The predicted molar refractivity (Wildman–Crippen MR) is 64.9 cm³/mol. The van der Waals surface area contributed by atoms with Crippen LogP contribution < -0.4 is 0 Å². The number of carbonyl (C=O) groups excluding carboxylic acids is 1. The van der Waals surface area contributed by atoms with Gasteiger partial charge in [-0.25, -0.2) is 0 Å². The van der Waals surface area contributed by atoms with Gasteiger partial charge in [-0.1, -0.05) is 43.0 Å². The first kappa shape index (κ1) is 12.1. The number of allylic oxidation sites excluding steroid dienone is 2. The lowest BCUT2D eigenvalue weighted by Gasteiger charge is -2.22. The molecule has 15 heavy (non-hydrogen) atoms. The van der Waals surface area contributed by atoms with Gasteiger partial charge in [0.2, 0.25) is 5.12 Å². The molecule has 1 aliphatic heterocycles. The number of carbonyl (C=O) groups is 1. The largest absolute Gasteiger partial charge is 0.510 e. The molecule has 0 radical (unpaired) electrons. The third-order valence-electron chi connectivity index (χ3n) is 2.65. The monoisotopic (exact) mass is 224 g/mol. The van der Waals surface area contributed by atoms with Crippen LogP contribution >= 0.6 is 11.8 Å². The van der Waals surface area contributed by atoms with Gasteiger partial charge in [-0.3, -0.25) is 4.79 Å². The summed E-state index contributed by atoms with van der Waals surface area (Å²) in [7, 11) is 0. The molecule has 0 spiro atoms. The molecular weight excluding hydrogens is 208 g/mol. The fourth-order valence-electron chi connectivity index (χ4n) is 1.57. The van der Waals surface area contributed by atoms with Gasteiger partial charge in [0.15, 0.2) is 0 Å². The number of hydrogen-bond acceptors (Lipinski definition) is 3. The molecule has 0 amide bonds. The van der Waals surface area contributed by atoms with Gasteiger partial charge < -0.3 is 5.11 Å². The minimum absolute atomic E-state index is 0.0394. The summed E-state index contributed by atoms with van der Waals surface area (Å²) in [5.74, 6) is 0.196. The molecule has 0 fully saturated rings. The summed E-state index contributed by atoms with van der Waals surface area (Å²) >= 11 is 1.19. The van der Waals surface area contributed by atoms with E-state index in [1.54, 1.807) is 13.0 Å². The van der Waals surface area contributed by atoms with Crippen LogP contribution in [0.3, 0.4) is 0 Å². The van der Waals surface area contributed by atoms with E-state index < -0.39 is 4.75 Å². The van der Waals surface area contributed by atoms with E-state index in [-0.39, 0.29) is 10.9 Å². The third kappa shape index (κ3) is 2.02. The van der Waals surface area contributed by atoms with Gasteiger partial charge in [-0.05, 0) is 20.3 Å². The van der Waals surface area contributed by atoms with E-state index >= 15 is 0 Å². The Morgan fingerprint density at radius 2 is 2.27 bits per heavy atom. The highest BCUT2D eigenvalue weighted by Crippen LogP contribution is 2.46. The van der Waals surface area contributed by atoms with Gasteiger partial charge in [-0.15, -0.1) is 0 Å². The topological polar surface area (TPSA) is 37.3 Å². The molecular formula is C12H16O2S. The van der Waals surface area contributed by atoms with Crippen LogP contribution in [-0.2, 0) is 4.79 Å². The standard InChI is InChI=1S/C12H16O2S/c1-5-8(3)7-12(6-2)10(13)9(4)11(14)15-12/h5,7,13H,1,6H2,2-4H3/b8-7+. The fraction of sp³-hybridized carbons (Fsp3) is 0.417. The summed E-state index contributed by atoms with van der Waals surface area (Å²) in [6.07, 6.45) is 4.33. The maximum absolute atomic E-state index is 11.5. The second-order valence-corrected chi connectivity index (χ2v) is 5.00. The van der Waals surface area contributed by atoms with Gasteiger partial charge in [0.1, 0.15) is 5.76 Å². The average Bonchev–Trinajstić information content (AvgIpc) is 2.44. The summed E-state index contributed by atoms with van der Waals surface area (Å²) in [5.41, 5.74) is 1.44. The molecule has 1 unspecified atom stereocenters. The predicted octanol–water partition coefficient (Wildman–Crippen LogP) is 3.37. The van der Waals surface area contributed by atoms with E-state index in [4.69, 9.17) is 0 Å². The Labute approximate surface area is 94.8 Å². The smallest absolute Gasteiger partial charge is 0.219 e. The Balaban J connectivity index is 3.20. The van der Waals surface area contributed by atoms with Crippen molar-refractivity contribution in [2.75, 3.05) is 0 Å². The van der Waals surface area contributed by atoms with Crippen molar-refractivity contribution in [1.29, 1.82) is 0 Å². The van der Waals surface area contributed by atoms with Crippen LogP contribution in [0, 0.1) is 0 Å². The molecule has 0 aliphatic carbocycles. The second-order valence-electron chi connectivity index (χ2n) is 3.70. The third-order valence-corrected chi connectivity index (χ3v) is 4.10. The van der Waals surface area contributed by atoms with Crippen LogP contribution in [0.4, 0.5) is 0 Å². The van der Waals surface area contributed by atoms with Crippen molar-refractivity contribution in [2.45, 2.75) is 31.9 Å². The minimum atomic E-state index is -0.570. The lowest BCUT2D eigenvalue weighted by atomic mass is 9.97. The van der Waals surface area contributed by atoms with Crippen molar-refractivity contribution in [3.8, 4) is 0 Å². The molecule has 1 aliphatic rings. The Kier molecular flexibility index (Phi) is 3.45. The van der Waals surface area contributed by atoms with Crippen molar-refractivity contribution in [3.05, 3.63) is 35.6 Å². The van der Waals surface area contributed by atoms with Gasteiger partial charge in [-0.2, -0.15) is 0 Å². The SMILES string of the molecule is C=C/C(C)=C/C1(CC)SC(=O)C(C)=C1O. The zero-order chi connectivity index (χ0) is 11.6. The summed E-state index contributed by atoms with van der Waals surface area (Å²) in [6, 6.07) is 0. The van der Waals surface area contributed by atoms with Crippen LogP contribution in [0.1, 0.15) is 27.2 Å². The van der Waals surface area contributed by atoms with Gasteiger partial charge in [0.25, 0.3) is 0 Å². The molecule has 0 aromatic rings. The first-order valence-corrected chi connectivity index (χ1v) is 5.74. The van der Waals surface area contributed by atoms with Crippen LogP contribution in [0.25, 0.3) is 0 Å². The van der Waals surface area contributed by atoms with Crippen LogP contribution in [-0.4, -0.2) is 15.0 Å². The van der Waals surface area contributed by atoms with E-state index in [1.807, 2.05) is 19.9 Å². The molecule has 1 rings (SSSR count). The Bertz CT molecular complexity index is 366. The quantitative estimate of drug-likeness (QED) is 0.747. The summed E-state index contributed by atoms with van der Waals surface area (Å²) in [4.78, 5) is 11.5. The lowest BCUT2D eigenvalue weighted by molar-refractivity contribution is -0.107. The molecule has 0 saturated carbocycles. The minimum Gasteiger partial charge on any atom is -0.510 e. The first-order chi connectivity index (χ1) is 6.96. The van der Waals surface area contributed by atoms with Gasteiger partial charge in [0, 0.05) is 5.57 Å². The second kappa shape index (κ2) is 4.27. The van der Waals surface area contributed by atoms with Crippen molar-refractivity contribution in [2.24, 2.45) is 0 Å². The molecule has 0 aromatic carbocycles. The Morgan fingerprint density at radius 3 is 2.60 bits per heavy atom. The number of rotatable bonds is 3. The summed E-state index contributed by atoms with van der Waals surface area (Å²) < 4.78 is -0.570. The molecule has 1 atom stereocenters. The van der Waals surface area contributed by atoms with E-state index in [0.717, 1.165) is 5.57 Å². The molecule has 1 N–H and O–H groups in total. The number of hydrogen-bond donors (Lipinski definition) is 1. The van der Waals surface area contributed by atoms with Crippen molar-refractivity contribution >= 4 is 16.9 Å². The zero-order valence-corrected chi connectivity index (χ0v) is 10.1. The zero-order valence-electron chi connectivity index (χ0n) is 9.33. The number of aliphatic hydroxyl groups is 1. The van der Waals surface area contributed by atoms with Crippen LogP contribution in [0.5, 0.6) is 0 Å². The van der Waals surface area contributed by atoms with Crippen LogP contribution in [0.15, 0.2) is 35.6 Å². The highest BCUT2D eigenvalue weighted by atomic mass is 32.2. The van der Waals surface area contributed by atoms with E-state index in [1.165, 1.54) is 11.8 Å². The van der Waals surface area contributed by atoms with E-state index in [2.05, 4.69) is 6.58 Å². The maximum Gasteiger partial charge on any atom is 0.219 e. The lowest BCUT2D eigenvalue weighted by Crippen LogP contribution is -2.21. The highest BCUT2D eigenvalue weighted by molar-refractivity contribution is 8.16. The van der Waals surface area contributed by atoms with Crippen molar-refractivity contribution in [1.82, 2.24) is 0 Å². The fourth-order valence-corrected chi connectivity index (χ4v) is 2.79. The molecule has 0 saturated heterocycles. The molecule has 0 aromatic heterocycles. The molecule has 82 valence electrons. The Morgan fingerprint density at radius 1 is 1.67 bits per heavy atom. The van der Waals surface area contributed by atoms with Crippen LogP contribution in [0.2, 0.25) is 0 Å². The molecule has 1 heterocycles. The normalized spacial score (nSPS) is 27.4. The number of aliphatic hydroxyl groups excluding tert-OH is 1. The molecule has 3 heteroatoms. The summed E-state index contributed by atoms with van der Waals surface area (Å²) in [6.45, 7) is 9.21. The maximum atomic E-state index is 11.5. The van der Waals surface area contributed by atoms with Crippen molar-refractivity contribution < 1.29 is 9.90 Å². The first-order valence-electron chi connectivity index (χ1n) is 4.92. The highest BCUT2D eigenvalue weighted by Gasteiger charge is 2.42. The molecule has 2 nitrogen and oxygen atoms in total. The van der Waals surface area contributed by atoms with E-state index in [9.17, 15) is 9.90 Å². The average molecular weight is 224 g/mol.